The molecule has 0 saturated carbocycles. The standard InChI is InChI=1S/C17H15F3N2O7S2/c1-2-30(24,25)12-7-13-16(28-9-15(23)21-13)14(8-12)31(26,27)22-10-3-5-11(6-4-10)29-17(18,19)20/h3-8,22H,2,9H2,1H3,(H,21,23). The smallest absolute Gasteiger partial charge is 0.480 e. The van der Waals surface area contributed by atoms with Crippen molar-refractivity contribution >= 4 is 37.1 Å². The first-order valence-electron chi connectivity index (χ1n) is 8.53. The number of carbonyl (C=O) groups is 1. The first-order chi connectivity index (χ1) is 14.3. The van der Waals surface area contributed by atoms with E-state index in [-0.39, 0.29) is 27.8 Å². The molecule has 31 heavy (non-hydrogen) atoms. The minimum absolute atomic E-state index is 0.119. The Morgan fingerprint density at radius 3 is 2.35 bits per heavy atom. The van der Waals surface area contributed by atoms with Gasteiger partial charge in [0.15, 0.2) is 22.2 Å². The summed E-state index contributed by atoms with van der Waals surface area (Å²) in [6, 6.07) is 5.83. The predicted molar refractivity (Wildman–Crippen MR) is 102 cm³/mol. The molecule has 1 heterocycles. The van der Waals surface area contributed by atoms with Gasteiger partial charge in [0, 0.05) is 5.69 Å². The van der Waals surface area contributed by atoms with Crippen LogP contribution in [0.5, 0.6) is 11.5 Å². The normalized spacial score (nSPS) is 14.3. The summed E-state index contributed by atoms with van der Waals surface area (Å²) in [5.74, 6) is -1.75. The molecule has 168 valence electrons. The van der Waals surface area contributed by atoms with Crippen molar-refractivity contribution in [3.05, 3.63) is 36.4 Å². The molecule has 0 saturated heterocycles. The highest BCUT2D eigenvalue weighted by molar-refractivity contribution is 7.93. The Hall–Kier alpha value is -3.00. The van der Waals surface area contributed by atoms with Gasteiger partial charge in [-0.15, -0.1) is 13.2 Å². The average Bonchev–Trinajstić information content (AvgIpc) is 2.67. The van der Waals surface area contributed by atoms with Gasteiger partial charge in [0.1, 0.15) is 10.6 Å². The molecule has 0 radical (unpaired) electrons. The average molecular weight is 480 g/mol. The van der Waals surface area contributed by atoms with E-state index in [0.717, 1.165) is 36.4 Å². The van der Waals surface area contributed by atoms with E-state index in [9.17, 15) is 34.8 Å². The van der Waals surface area contributed by atoms with E-state index in [2.05, 4.69) is 14.8 Å². The number of carbonyl (C=O) groups excluding carboxylic acids is 1. The quantitative estimate of drug-likeness (QED) is 0.650. The lowest BCUT2D eigenvalue weighted by Crippen LogP contribution is -2.27. The third-order valence-electron chi connectivity index (χ3n) is 4.02. The van der Waals surface area contributed by atoms with Gasteiger partial charge >= 0.3 is 6.36 Å². The highest BCUT2D eigenvalue weighted by Gasteiger charge is 2.32. The molecule has 2 aromatic rings. The number of halogens is 3. The van der Waals surface area contributed by atoms with E-state index in [1.54, 1.807) is 0 Å². The number of hydrogen-bond donors (Lipinski definition) is 2. The highest BCUT2D eigenvalue weighted by Crippen LogP contribution is 2.38. The number of benzene rings is 2. The van der Waals surface area contributed by atoms with Crippen molar-refractivity contribution in [1.82, 2.24) is 0 Å². The van der Waals surface area contributed by atoms with Crippen LogP contribution in [0.4, 0.5) is 24.5 Å². The highest BCUT2D eigenvalue weighted by atomic mass is 32.2. The minimum atomic E-state index is -4.91. The van der Waals surface area contributed by atoms with Gasteiger partial charge in [0.25, 0.3) is 15.9 Å². The SMILES string of the molecule is CCS(=O)(=O)c1cc2c(c(S(=O)(=O)Nc3ccc(OC(F)(F)F)cc3)c1)OCC(=O)N2. The molecule has 3 rings (SSSR count). The second-order valence-electron chi connectivity index (χ2n) is 6.22. The third kappa shape index (κ3) is 5.19. The number of anilines is 2. The lowest BCUT2D eigenvalue weighted by molar-refractivity contribution is -0.274. The summed E-state index contributed by atoms with van der Waals surface area (Å²) in [5.41, 5.74) is -0.257. The molecule has 2 aromatic carbocycles. The van der Waals surface area contributed by atoms with Crippen LogP contribution in [-0.2, 0) is 24.7 Å². The molecule has 14 heteroatoms. The summed E-state index contributed by atoms with van der Waals surface area (Å²) in [7, 11) is -8.31. The molecule has 1 amide bonds. The van der Waals surface area contributed by atoms with Gasteiger partial charge < -0.3 is 14.8 Å². The number of alkyl halides is 3. The lowest BCUT2D eigenvalue weighted by atomic mass is 10.2. The van der Waals surface area contributed by atoms with Gasteiger partial charge in [0.05, 0.1) is 16.3 Å². The Bertz CT molecular complexity index is 1230. The van der Waals surface area contributed by atoms with Gasteiger partial charge in [-0.1, -0.05) is 6.92 Å². The van der Waals surface area contributed by atoms with Crippen LogP contribution in [0.25, 0.3) is 0 Å². The van der Waals surface area contributed by atoms with Crippen molar-refractivity contribution in [1.29, 1.82) is 0 Å². The van der Waals surface area contributed by atoms with Crippen LogP contribution in [0.2, 0.25) is 0 Å². The lowest BCUT2D eigenvalue weighted by Gasteiger charge is -2.22. The van der Waals surface area contributed by atoms with Crippen LogP contribution >= 0.6 is 0 Å². The second kappa shape index (κ2) is 7.92. The van der Waals surface area contributed by atoms with Crippen molar-refractivity contribution in [2.75, 3.05) is 22.4 Å². The summed E-state index contributed by atoms with van der Waals surface area (Å²) in [5, 5.41) is 2.36. The molecule has 1 aliphatic heterocycles. The van der Waals surface area contributed by atoms with Crippen molar-refractivity contribution < 1.29 is 44.3 Å². The number of sulfonamides is 1. The molecule has 0 atom stereocenters. The van der Waals surface area contributed by atoms with Crippen LogP contribution in [0.15, 0.2) is 46.2 Å². The Kier molecular flexibility index (Phi) is 5.80. The zero-order valence-corrected chi connectivity index (χ0v) is 17.3. The van der Waals surface area contributed by atoms with Crippen molar-refractivity contribution in [3.8, 4) is 11.5 Å². The van der Waals surface area contributed by atoms with E-state index < -0.39 is 49.4 Å². The first-order valence-corrected chi connectivity index (χ1v) is 11.7. The fourth-order valence-corrected chi connectivity index (χ4v) is 4.88. The zero-order valence-electron chi connectivity index (χ0n) is 15.7. The van der Waals surface area contributed by atoms with Crippen LogP contribution < -0.4 is 19.5 Å². The maximum absolute atomic E-state index is 12.9. The van der Waals surface area contributed by atoms with Crippen LogP contribution in [-0.4, -0.2) is 41.5 Å². The fourth-order valence-electron chi connectivity index (χ4n) is 2.62. The zero-order chi connectivity index (χ0) is 23.0. The molecule has 0 aliphatic carbocycles. The molecular formula is C17H15F3N2O7S2. The van der Waals surface area contributed by atoms with E-state index in [1.165, 1.54) is 6.92 Å². The first kappa shape index (κ1) is 22.7. The van der Waals surface area contributed by atoms with Gasteiger partial charge in [-0.25, -0.2) is 16.8 Å². The van der Waals surface area contributed by atoms with Gasteiger partial charge in [-0.05, 0) is 36.4 Å². The number of hydrogen-bond acceptors (Lipinski definition) is 7. The summed E-state index contributed by atoms with van der Waals surface area (Å²) < 4.78 is 98.2. The van der Waals surface area contributed by atoms with Crippen molar-refractivity contribution in [2.24, 2.45) is 0 Å². The number of ether oxygens (including phenoxy) is 2. The maximum Gasteiger partial charge on any atom is 0.573 e. The summed E-state index contributed by atoms with van der Waals surface area (Å²) in [4.78, 5) is 10.7. The number of fused-ring (bicyclic) bond motifs is 1. The number of rotatable bonds is 6. The topological polar surface area (TPSA) is 128 Å². The summed E-state index contributed by atoms with van der Waals surface area (Å²) in [6.45, 7) is 0.875. The van der Waals surface area contributed by atoms with E-state index in [1.807, 2.05) is 0 Å². The van der Waals surface area contributed by atoms with Crippen LogP contribution in [0.3, 0.4) is 0 Å². The molecule has 0 bridgehead atoms. The summed E-state index contributed by atoms with van der Waals surface area (Å²) in [6.07, 6.45) is -4.91. The molecule has 1 aliphatic rings. The van der Waals surface area contributed by atoms with Crippen molar-refractivity contribution in [3.63, 3.8) is 0 Å². The molecule has 0 fully saturated rings. The molecule has 0 unspecified atom stereocenters. The predicted octanol–water partition coefficient (Wildman–Crippen LogP) is 2.51. The molecule has 2 N–H and O–H groups in total. The number of nitrogens with one attached hydrogen (secondary N) is 2. The van der Waals surface area contributed by atoms with Crippen LogP contribution in [0, 0.1) is 0 Å². The number of amides is 1. The van der Waals surface area contributed by atoms with E-state index in [4.69, 9.17) is 4.74 Å². The molecule has 9 nitrogen and oxygen atoms in total. The van der Waals surface area contributed by atoms with Crippen LogP contribution in [0.1, 0.15) is 6.92 Å². The van der Waals surface area contributed by atoms with Crippen molar-refractivity contribution in [2.45, 2.75) is 23.1 Å². The Morgan fingerprint density at radius 2 is 1.77 bits per heavy atom. The maximum atomic E-state index is 12.9. The van der Waals surface area contributed by atoms with E-state index in [0.29, 0.717) is 0 Å². The van der Waals surface area contributed by atoms with Gasteiger partial charge in [0.2, 0.25) is 0 Å². The summed E-state index contributed by atoms with van der Waals surface area (Å²) >= 11 is 0. The number of sulfone groups is 1. The molecule has 0 aromatic heterocycles. The Balaban J connectivity index is 2.01. The van der Waals surface area contributed by atoms with E-state index >= 15 is 0 Å². The largest absolute Gasteiger partial charge is 0.573 e. The molecular weight excluding hydrogens is 465 g/mol. The minimum Gasteiger partial charge on any atom is -0.480 e. The Morgan fingerprint density at radius 1 is 1.13 bits per heavy atom. The Labute approximate surface area is 175 Å². The fraction of sp³-hybridized carbons (Fsp3) is 0.235. The third-order valence-corrected chi connectivity index (χ3v) is 7.12. The monoisotopic (exact) mass is 480 g/mol. The van der Waals surface area contributed by atoms with Gasteiger partial charge in [-0.3, -0.25) is 9.52 Å². The molecule has 0 spiro atoms. The van der Waals surface area contributed by atoms with Gasteiger partial charge in [-0.2, -0.15) is 0 Å². The second-order valence-corrected chi connectivity index (χ2v) is 10.1.